The number of nitrogens with one attached hydrogen (secondary N) is 1. The van der Waals surface area contributed by atoms with Crippen molar-refractivity contribution >= 4 is 5.91 Å². The third-order valence-electron chi connectivity index (χ3n) is 5.24. The molecule has 1 N–H and O–H groups in total. The first-order valence-corrected chi connectivity index (χ1v) is 7.81. The molecule has 2 unspecified atom stereocenters. The van der Waals surface area contributed by atoms with Crippen LogP contribution < -0.4 is 5.32 Å². The monoisotopic (exact) mass is 290 g/mol. The molecular weight excluding hydrogens is 267 g/mol. The summed E-state index contributed by atoms with van der Waals surface area (Å²) >= 11 is 0. The van der Waals surface area contributed by atoms with Gasteiger partial charge in [-0.1, -0.05) is 12.1 Å². The molecule has 0 saturated carbocycles. The minimum atomic E-state index is -0.223. The highest BCUT2D eigenvalue weighted by Gasteiger charge is 2.49. The molecule has 2 atom stereocenters. The zero-order valence-corrected chi connectivity index (χ0v) is 12.6. The lowest BCUT2D eigenvalue weighted by Gasteiger charge is -2.31. The number of hydrogen-bond acceptors (Lipinski definition) is 2. The third-order valence-corrected chi connectivity index (χ3v) is 5.24. The molecule has 3 nitrogen and oxygen atoms in total. The Morgan fingerprint density at radius 3 is 2.81 bits per heavy atom. The first kappa shape index (κ1) is 14.5. The quantitative estimate of drug-likeness (QED) is 0.906. The number of amides is 1. The average molecular weight is 290 g/mol. The van der Waals surface area contributed by atoms with Crippen molar-refractivity contribution in [3.63, 3.8) is 0 Å². The van der Waals surface area contributed by atoms with Crippen LogP contribution in [0.1, 0.15) is 24.8 Å². The number of nitrogens with zero attached hydrogens (tertiary/aromatic N) is 1. The van der Waals surface area contributed by atoms with Crippen LogP contribution >= 0.6 is 0 Å². The van der Waals surface area contributed by atoms with Crippen LogP contribution in [0.2, 0.25) is 0 Å². The third kappa shape index (κ3) is 2.82. The van der Waals surface area contributed by atoms with Crippen molar-refractivity contribution in [2.75, 3.05) is 26.7 Å². The second-order valence-corrected chi connectivity index (χ2v) is 6.55. The van der Waals surface area contributed by atoms with E-state index >= 15 is 0 Å². The Balaban J connectivity index is 1.80. The molecule has 1 aromatic rings. The molecule has 3 rings (SSSR count). The van der Waals surface area contributed by atoms with Gasteiger partial charge in [-0.25, -0.2) is 4.39 Å². The van der Waals surface area contributed by atoms with Crippen LogP contribution in [0.25, 0.3) is 0 Å². The maximum atomic E-state index is 13.0. The molecule has 1 spiro atoms. The van der Waals surface area contributed by atoms with Gasteiger partial charge in [-0.2, -0.15) is 0 Å². The van der Waals surface area contributed by atoms with Gasteiger partial charge in [0.15, 0.2) is 0 Å². The van der Waals surface area contributed by atoms with E-state index in [1.165, 1.54) is 12.1 Å². The van der Waals surface area contributed by atoms with E-state index < -0.39 is 0 Å². The lowest BCUT2D eigenvalue weighted by Crippen LogP contribution is -2.37. The SMILES string of the molecule is CN1CCCC2(CC1)C(=O)NCC2Cc1ccc(F)cc1. The Morgan fingerprint density at radius 2 is 2.05 bits per heavy atom. The maximum Gasteiger partial charge on any atom is 0.226 e. The summed E-state index contributed by atoms with van der Waals surface area (Å²) < 4.78 is 13.0. The lowest BCUT2D eigenvalue weighted by atomic mass is 9.70. The molecule has 1 aromatic carbocycles. The number of hydrogen-bond donors (Lipinski definition) is 1. The van der Waals surface area contributed by atoms with Crippen molar-refractivity contribution in [3.05, 3.63) is 35.6 Å². The molecule has 0 aliphatic carbocycles. The van der Waals surface area contributed by atoms with Crippen molar-refractivity contribution in [1.29, 1.82) is 0 Å². The summed E-state index contributed by atoms with van der Waals surface area (Å²) in [6.07, 6.45) is 3.82. The second kappa shape index (κ2) is 5.76. The van der Waals surface area contributed by atoms with Crippen molar-refractivity contribution in [1.82, 2.24) is 10.2 Å². The first-order chi connectivity index (χ1) is 10.1. The predicted molar refractivity (Wildman–Crippen MR) is 80.4 cm³/mol. The summed E-state index contributed by atoms with van der Waals surface area (Å²) in [5.41, 5.74) is 0.897. The molecule has 2 fully saturated rings. The molecular formula is C17H23FN2O. The van der Waals surface area contributed by atoms with E-state index in [1.54, 1.807) is 0 Å². The Labute approximate surface area is 125 Å². The molecule has 0 aromatic heterocycles. The smallest absolute Gasteiger partial charge is 0.226 e. The van der Waals surface area contributed by atoms with Gasteiger partial charge < -0.3 is 10.2 Å². The van der Waals surface area contributed by atoms with Gasteiger partial charge in [-0.3, -0.25) is 4.79 Å². The Kier molecular flexibility index (Phi) is 3.98. The van der Waals surface area contributed by atoms with Gasteiger partial charge >= 0.3 is 0 Å². The molecule has 21 heavy (non-hydrogen) atoms. The van der Waals surface area contributed by atoms with Crippen molar-refractivity contribution < 1.29 is 9.18 Å². The van der Waals surface area contributed by atoms with Gasteiger partial charge in [0, 0.05) is 6.54 Å². The average Bonchev–Trinajstić information content (AvgIpc) is 2.64. The van der Waals surface area contributed by atoms with Crippen molar-refractivity contribution in [3.8, 4) is 0 Å². The predicted octanol–water partition coefficient (Wildman–Crippen LogP) is 2.22. The van der Waals surface area contributed by atoms with Crippen LogP contribution in [0.3, 0.4) is 0 Å². The fraction of sp³-hybridized carbons (Fsp3) is 0.588. The minimum absolute atomic E-state index is 0.204. The first-order valence-electron chi connectivity index (χ1n) is 7.81. The van der Waals surface area contributed by atoms with E-state index in [2.05, 4.69) is 17.3 Å². The Morgan fingerprint density at radius 1 is 1.29 bits per heavy atom. The molecule has 114 valence electrons. The van der Waals surface area contributed by atoms with E-state index in [1.807, 2.05) is 12.1 Å². The number of rotatable bonds is 2. The molecule has 1 amide bonds. The number of carbonyl (C=O) groups excluding carboxylic acids is 1. The summed E-state index contributed by atoms with van der Waals surface area (Å²) in [6.45, 7) is 2.80. The number of halogens is 1. The minimum Gasteiger partial charge on any atom is -0.355 e. The van der Waals surface area contributed by atoms with Gasteiger partial charge in [0.05, 0.1) is 5.41 Å². The Bertz CT molecular complexity index is 516. The van der Waals surface area contributed by atoms with E-state index in [0.29, 0.717) is 5.92 Å². The van der Waals surface area contributed by atoms with E-state index in [-0.39, 0.29) is 17.1 Å². The molecule has 2 saturated heterocycles. The summed E-state index contributed by atoms with van der Waals surface area (Å²) in [7, 11) is 2.13. The van der Waals surface area contributed by atoms with Crippen LogP contribution in [0, 0.1) is 17.2 Å². The van der Waals surface area contributed by atoms with Crippen molar-refractivity contribution in [2.45, 2.75) is 25.7 Å². The molecule has 2 heterocycles. The van der Waals surface area contributed by atoms with Crippen LogP contribution in [-0.2, 0) is 11.2 Å². The largest absolute Gasteiger partial charge is 0.355 e. The van der Waals surface area contributed by atoms with Gasteiger partial charge in [0.2, 0.25) is 5.91 Å². The highest BCUT2D eigenvalue weighted by Crippen LogP contribution is 2.43. The van der Waals surface area contributed by atoms with Crippen molar-refractivity contribution in [2.24, 2.45) is 11.3 Å². The van der Waals surface area contributed by atoms with Crippen LogP contribution in [-0.4, -0.2) is 37.5 Å². The van der Waals surface area contributed by atoms with Crippen LogP contribution in [0.4, 0.5) is 4.39 Å². The summed E-state index contributed by atoms with van der Waals surface area (Å²) in [5, 5.41) is 3.07. The van der Waals surface area contributed by atoms with Gasteiger partial charge in [-0.05, 0) is 69.4 Å². The number of carbonyl (C=O) groups is 1. The molecule has 4 heteroatoms. The molecule has 2 aliphatic heterocycles. The fourth-order valence-electron chi connectivity index (χ4n) is 3.87. The maximum absolute atomic E-state index is 13.0. The highest BCUT2D eigenvalue weighted by molar-refractivity contribution is 5.85. The highest BCUT2D eigenvalue weighted by atomic mass is 19.1. The number of benzene rings is 1. The van der Waals surface area contributed by atoms with Crippen LogP contribution in [0.15, 0.2) is 24.3 Å². The molecule has 0 radical (unpaired) electrons. The lowest BCUT2D eigenvalue weighted by molar-refractivity contribution is -0.129. The second-order valence-electron chi connectivity index (χ2n) is 6.55. The van der Waals surface area contributed by atoms with E-state index in [0.717, 1.165) is 50.9 Å². The number of likely N-dealkylation sites (tertiary alicyclic amines) is 1. The normalized spacial score (nSPS) is 30.4. The molecule has 0 bridgehead atoms. The Hall–Kier alpha value is -1.42. The zero-order chi connectivity index (χ0) is 14.9. The standard InChI is InChI=1S/C17H23FN2O/c1-20-9-2-7-17(8-10-20)14(12-19-16(17)21)11-13-3-5-15(18)6-4-13/h3-6,14H,2,7-12H2,1H3,(H,19,21). The topological polar surface area (TPSA) is 32.3 Å². The van der Waals surface area contributed by atoms with E-state index in [4.69, 9.17) is 0 Å². The summed E-state index contributed by atoms with van der Waals surface area (Å²) in [6, 6.07) is 6.70. The van der Waals surface area contributed by atoms with Gasteiger partial charge in [0.25, 0.3) is 0 Å². The van der Waals surface area contributed by atoms with Gasteiger partial charge in [0.1, 0.15) is 5.82 Å². The summed E-state index contributed by atoms with van der Waals surface area (Å²) in [5.74, 6) is 0.344. The summed E-state index contributed by atoms with van der Waals surface area (Å²) in [4.78, 5) is 14.8. The van der Waals surface area contributed by atoms with E-state index in [9.17, 15) is 9.18 Å². The van der Waals surface area contributed by atoms with Crippen LogP contribution in [0.5, 0.6) is 0 Å². The fourth-order valence-corrected chi connectivity index (χ4v) is 3.87. The molecule has 2 aliphatic rings. The zero-order valence-electron chi connectivity index (χ0n) is 12.6. The van der Waals surface area contributed by atoms with Gasteiger partial charge in [-0.15, -0.1) is 0 Å².